The van der Waals surface area contributed by atoms with Gasteiger partial charge in [0, 0.05) is 39.9 Å². The molecule has 0 fully saturated rings. The van der Waals surface area contributed by atoms with Crippen LogP contribution in [0.25, 0.3) is 5.69 Å². The number of ether oxygens (including phenoxy) is 1. The van der Waals surface area contributed by atoms with Crippen LogP contribution in [0.15, 0.2) is 47.6 Å². The lowest BCUT2D eigenvalue weighted by molar-refractivity contribution is -0.385. The number of aromatic nitrogens is 3. The van der Waals surface area contributed by atoms with E-state index in [4.69, 9.17) is 4.74 Å². The molecule has 2 amide bonds. The predicted octanol–water partition coefficient (Wildman–Crippen LogP) is 5.17. The van der Waals surface area contributed by atoms with Crippen molar-refractivity contribution < 1.29 is 29.0 Å². The summed E-state index contributed by atoms with van der Waals surface area (Å²) in [6, 6.07) is 9.72. The van der Waals surface area contributed by atoms with Crippen LogP contribution in [0.2, 0.25) is 0 Å². The van der Waals surface area contributed by atoms with Crippen LogP contribution < -0.4 is 10.6 Å². The van der Waals surface area contributed by atoms with E-state index in [2.05, 4.69) is 20.8 Å². The highest BCUT2D eigenvalue weighted by Crippen LogP contribution is 2.40. The molecule has 2 heterocycles. The van der Waals surface area contributed by atoms with Gasteiger partial charge in [-0.1, -0.05) is 17.8 Å². The zero-order valence-electron chi connectivity index (χ0n) is 25.5. The third-order valence-electron chi connectivity index (χ3n) is 7.38. The van der Waals surface area contributed by atoms with Gasteiger partial charge < -0.3 is 15.4 Å². The molecule has 0 saturated carbocycles. The number of fused-ring (bicyclic) bond motifs is 1. The Morgan fingerprint density at radius 3 is 2.51 bits per heavy atom. The summed E-state index contributed by atoms with van der Waals surface area (Å²) in [5, 5.41) is 36.6. The Kier molecular flexibility index (Phi) is 9.95. The van der Waals surface area contributed by atoms with Crippen LogP contribution >= 0.6 is 23.1 Å². The predicted molar refractivity (Wildman–Crippen MR) is 173 cm³/mol. The number of benzene rings is 2. The molecule has 47 heavy (non-hydrogen) atoms. The second-order valence-corrected chi connectivity index (χ2v) is 12.9. The van der Waals surface area contributed by atoms with Gasteiger partial charge in [0.2, 0.25) is 5.91 Å². The number of esters is 1. The van der Waals surface area contributed by atoms with Crippen molar-refractivity contribution in [2.24, 2.45) is 0 Å². The number of anilines is 1. The van der Waals surface area contributed by atoms with Crippen molar-refractivity contribution in [2.75, 3.05) is 11.9 Å². The van der Waals surface area contributed by atoms with E-state index in [0.29, 0.717) is 21.8 Å². The zero-order chi connectivity index (χ0) is 33.8. The fourth-order valence-corrected chi connectivity index (χ4v) is 7.19. The van der Waals surface area contributed by atoms with Gasteiger partial charge >= 0.3 is 5.97 Å². The van der Waals surface area contributed by atoms with E-state index >= 15 is 0 Å². The smallest absolute Gasteiger partial charge is 0.341 e. The topological polar surface area (TPSA) is 201 Å². The Bertz CT molecular complexity index is 1890. The largest absolute Gasteiger partial charge is 0.462 e. The Balaban J connectivity index is 1.38. The third kappa shape index (κ3) is 7.15. The maximum Gasteiger partial charge on any atom is 0.341 e. The molecule has 0 spiro atoms. The summed E-state index contributed by atoms with van der Waals surface area (Å²) < 4.78 is 6.81. The Labute approximate surface area is 276 Å². The summed E-state index contributed by atoms with van der Waals surface area (Å²) in [6.07, 6.45) is 2.49. The quantitative estimate of drug-likeness (QED) is 0.0866. The normalized spacial score (nSPS) is 12.7. The number of carbonyl (C=O) groups is 3. The van der Waals surface area contributed by atoms with Gasteiger partial charge in [0.1, 0.15) is 5.00 Å². The number of non-ortho nitro benzene ring substituents is 1. The summed E-state index contributed by atoms with van der Waals surface area (Å²) in [4.78, 5) is 61.7. The molecule has 2 aromatic heterocycles. The number of thioether (sulfide) groups is 1. The van der Waals surface area contributed by atoms with Crippen LogP contribution in [-0.2, 0) is 28.9 Å². The molecule has 2 aromatic carbocycles. The number of nitro groups is 2. The molecule has 0 aliphatic heterocycles. The lowest BCUT2D eigenvalue weighted by atomic mass is 10.1. The van der Waals surface area contributed by atoms with Gasteiger partial charge in [-0.2, -0.15) is 0 Å². The minimum atomic E-state index is -0.737. The number of nitro benzene ring substituents is 2. The SMILES string of the molecule is CCOC(=O)c1c(NC(=O)C(C)Sc2nnc(CNC(=O)c3ccc(C)c([N+](=O)[O-])c3)n2-c2ccc([N+](=O)[O-])cc2)sc2c1CCC2. The number of thiophene rings is 1. The summed E-state index contributed by atoms with van der Waals surface area (Å²) in [5.41, 5.74) is 1.88. The first-order chi connectivity index (χ1) is 22.5. The number of nitrogens with one attached hydrogen (secondary N) is 2. The zero-order valence-corrected chi connectivity index (χ0v) is 27.1. The monoisotopic (exact) mass is 679 g/mol. The first-order valence-electron chi connectivity index (χ1n) is 14.5. The Morgan fingerprint density at radius 1 is 1.09 bits per heavy atom. The number of amides is 2. The van der Waals surface area contributed by atoms with Crippen LogP contribution in [0.5, 0.6) is 0 Å². The summed E-state index contributed by atoms with van der Waals surface area (Å²) in [6.45, 7) is 4.99. The van der Waals surface area contributed by atoms with Gasteiger partial charge in [-0.15, -0.1) is 21.5 Å². The lowest BCUT2D eigenvalue weighted by Crippen LogP contribution is -2.25. The van der Waals surface area contributed by atoms with E-state index in [0.717, 1.165) is 41.5 Å². The van der Waals surface area contributed by atoms with E-state index < -0.39 is 32.9 Å². The van der Waals surface area contributed by atoms with Gasteiger partial charge in [-0.3, -0.25) is 34.4 Å². The standard InChI is InChI=1S/C30H29N7O8S2/c1-4-45-29(40)25-21-6-5-7-23(21)47-28(25)32-26(38)17(3)46-30-34-33-24(35(30)19-10-12-20(13-11-19)36(41)42)15-31-27(39)18-9-8-16(2)22(14-18)37(43)44/h8-14,17H,4-7,15H2,1-3H3,(H,31,39)(H,32,38). The minimum absolute atomic E-state index is 0.0744. The average Bonchev–Trinajstić information content (AvgIpc) is 3.74. The van der Waals surface area contributed by atoms with Crippen molar-refractivity contribution >= 4 is 57.3 Å². The highest BCUT2D eigenvalue weighted by molar-refractivity contribution is 8.00. The molecule has 1 atom stereocenters. The number of hydrogen-bond acceptors (Lipinski definition) is 12. The molecule has 1 unspecified atom stereocenters. The van der Waals surface area contributed by atoms with Crippen molar-refractivity contribution in [1.82, 2.24) is 20.1 Å². The molecular weight excluding hydrogens is 651 g/mol. The van der Waals surface area contributed by atoms with Crippen molar-refractivity contribution in [3.05, 3.63) is 95.6 Å². The van der Waals surface area contributed by atoms with Gasteiger partial charge in [0.15, 0.2) is 11.0 Å². The minimum Gasteiger partial charge on any atom is -0.462 e. The number of nitrogens with zero attached hydrogens (tertiary/aromatic N) is 5. The first kappa shape index (κ1) is 33.2. The molecule has 1 aliphatic rings. The number of aryl methyl sites for hydroxylation is 2. The van der Waals surface area contributed by atoms with Crippen molar-refractivity contribution in [3.8, 4) is 5.69 Å². The molecule has 1 aliphatic carbocycles. The molecule has 0 radical (unpaired) electrons. The maximum atomic E-state index is 13.4. The average molecular weight is 680 g/mol. The molecular formula is C30H29N7O8S2. The molecule has 2 N–H and O–H groups in total. The molecule has 0 bridgehead atoms. The van der Waals surface area contributed by atoms with E-state index in [1.807, 2.05) is 0 Å². The number of rotatable bonds is 12. The van der Waals surface area contributed by atoms with Gasteiger partial charge in [-0.05, 0) is 63.8 Å². The summed E-state index contributed by atoms with van der Waals surface area (Å²) >= 11 is 2.43. The molecule has 15 nitrogen and oxygen atoms in total. The summed E-state index contributed by atoms with van der Waals surface area (Å²) in [7, 11) is 0. The number of hydrogen-bond donors (Lipinski definition) is 2. The Hall–Kier alpha value is -5.16. The Morgan fingerprint density at radius 2 is 1.83 bits per heavy atom. The molecule has 17 heteroatoms. The molecule has 0 saturated heterocycles. The van der Waals surface area contributed by atoms with E-state index in [9.17, 15) is 34.6 Å². The molecule has 4 aromatic rings. The molecule has 5 rings (SSSR count). The maximum absolute atomic E-state index is 13.4. The van der Waals surface area contributed by atoms with E-state index in [-0.39, 0.29) is 41.1 Å². The molecule has 244 valence electrons. The highest BCUT2D eigenvalue weighted by Gasteiger charge is 2.30. The third-order valence-corrected chi connectivity index (χ3v) is 9.63. The van der Waals surface area contributed by atoms with Crippen LogP contribution in [0, 0.1) is 27.2 Å². The van der Waals surface area contributed by atoms with Crippen LogP contribution in [0.1, 0.15) is 62.8 Å². The van der Waals surface area contributed by atoms with Crippen LogP contribution in [0.3, 0.4) is 0 Å². The lowest BCUT2D eigenvalue weighted by Gasteiger charge is -2.14. The van der Waals surface area contributed by atoms with E-state index in [1.54, 1.807) is 25.3 Å². The van der Waals surface area contributed by atoms with Gasteiger partial charge in [0.05, 0.1) is 33.8 Å². The van der Waals surface area contributed by atoms with Crippen LogP contribution in [-0.4, -0.2) is 54.3 Å². The van der Waals surface area contributed by atoms with E-state index in [1.165, 1.54) is 53.8 Å². The number of carbonyl (C=O) groups excluding carboxylic acids is 3. The van der Waals surface area contributed by atoms with Gasteiger partial charge in [-0.25, -0.2) is 4.79 Å². The second-order valence-electron chi connectivity index (χ2n) is 10.5. The van der Waals surface area contributed by atoms with Crippen LogP contribution in [0.4, 0.5) is 16.4 Å². The fraction of sp³-hybridized carbons (Fsp3) is 0.300. The fourth-order valence-electron chi connectivity index (χ4n) is 5.02. The highest BCUT2D eigenvalue weighted by atomic mass is 32.2. The van der Waals surface area contributed by atoms with Crippen molar-refractivity contribution in [2.45, 2.75) is 57.0 Å². The van der Waals surface area contributed by atoms with Gasteiger partial charge in [0.25, 0.3) is 17.3 Å². The first-order valence-corrected chi connectivity index (χ1v) is 16.2. The second kappa shape index (κ2) is 14.1. The van der Waals surface area contributed by atoms with Crippen molar-refractivity contribution in [3.63, 3.8) is 0 Å². The van der Waals surface area contributed by atoms with Crippen molar-refractivity contribution in [1.29, 1.82) is 0 Å². The summed E-state index contributed by atoms with van der Waals surface area (Å²) in [5.74, 6) is -1.22.